The van der Waals surface area contributed by atoms with E-state index >= 15 is 0 Å². The van der Waals surface area contributed by atoms with Crippen LogP contribution in [0, 0.1) is 12.8 Å². The highest BCUT2D eigenvalue weighted by molar-refractivity contribution is 5.22. The van der Waals surface area contributed by atoms with Crippen LogP contribution in [0.5, 0.6) is 0 Å². The van der Waals surface area contributed by atoms with Gasteiger partial charge < -0.3 is 10.2 Å². The molecule has 1 aliphatic carbocycles. The van der Waals surface area contributed by atoms with Crippen molar-refractivity contribution in [2.45, 2.75) is 51.6 Å². The van der Waals surface area contributed by atoms with Crippen LogP contribution in [0.15, 0.2) is 24.3 Å². The molecule has 1 fully saturated rings. The van der Waals surface area contributed by atoms with E-state index < -0.39 is 0 Å². The Hall–Kier alpha value is -0.860. The normalized spacial score (nSPS) is 23.8. The maximum Gasteiger partial charge on any atom is 0.0230 e. The summed E-state index contributed by atoms with van der Waals surface area (Å²) >= 11 is 0. The molecule has 1 N–H and O–H groups in total. The van der Waals surface area contributed by atoms with Gasteiger partial charge in [-0.2, -0.15) is 0 Å². The molecule has 1 aromatic rings. The van der Waals surface area contributed by atoms with Gasteiger partial charge >= 0.3 is 0 Å². The third kappa shape index (κ3) is 4.60. The molecule has 2 unspecified atom stereocenters. The minimum absolute atomic E-state index is 0.706. The molecule has 1 saturated carbocycles. The van der Waals surface area contributed by atoms with E-state index in [0.717, 1.165) is 12.5 Å². The Labute approximate surface area is 124 Å². The van der Waals surface area contributed by atoms with E-state index in [1.807, 2.05) is 0 Å². The standard InChI is InChI=1S/C18H30N2/c1-15-8-7-9-16(12-15)13-20(3)14-17-10-5-4-6-11-18(17)19-2/h7-9,12,17-19H,4-6,10-11,13-14H2,1-3H3. The van der Waals surface area contributed by atoms with Gasteiger partial charge in [0.1, 0.15) is 0 Å². The van der Waals surface area contributed by atoms with Gasteiger partial charge in [0, 0.05) is 19.1 Å². The van der Waals surface area contributed by atoms with Crippen LogP contribution in [0.1, 0.15) is 43.2 Å². The Morgan fingerprint density at radius 1 is 1.20 bits per heavy atom. The Balaban J connectivity index is 1.90. The lowest BCUT2D eigenvalue weighted by Crippen LogP contribution is -2.39. The molecule has 0 heterocycles. The molecule has 0 radical (unpaired) electrons. The van der Waals surface area contributed by atoms with Gasteiger partial charge in [0.05, 0.1) is 0 Å². The van der Waals surface area contributed by atoms with Gasteiger partial charge in [-0.3, -0.25) is 0 Å². The first-order chi connectivity index (χ1) is 9.69. The molecule has 0 amide bonds. The van der Waals surface area contributed by atoms with Crippen molar-refractivity contribution in [1.29, 1.82) is 0 Å². The van der Waals surface area contributed by atoms with Gasteiger partial charge in [-0.1, -0.05) is 49.1 Å². The van der Waals surface area contributed by atoms with Crippen molar-refractivity contribution >= 4 is 0 Å². The molecule has 1 aromatic carbocycles. The van der Waals surface area contributed by atoms with Crippen molar-refractivity contribution in [1.82, 2.24) is 10.2 Å². The van der Waals surface area contributed by atoms with E-state index in [1.54, 1.807) is 0 Å². The van der Waals surface area contributed by atoms with E-state index in [4.69, 9.17) is 0 Å². The zero-order valence-electron chi connectivity index (χ0n) is 13.4. The largest absolute Gasteiger partial charge is 0.317 e. The summed E-state index contributed by atoms with van der Waals surface area (Å²) in [4.78, 5) is 2.50. The number of nitrogens with one attached hydrogen (secondary N) is 1. The van der Waals surface area contributed by atoms with Gasteiger partial charge in [-0.05, 0) is 45.3 Å². The summed E-state index contributed by atoms with van der Waals surface area (Å²) < 4.78 is 0. The van der Waals surface area contributed by atoms with E-state index in [1.165, 1.54) is 49.8 Å². The quantitative estimate of drug-likeness (QED) is 0.825. The van der Waals surface area contributed by atoms with Gasteiger partial charge in [-0.15, -0.1) is 0 Å². The average molecular weight is 274 g/mol. The van der Waals surface area contributed by atoms with Crippen molar-refractivity contribution in [2.24, 2.45) is 5.92 Å². The van der Waals surface area contributed by atoms with Gasteiger partial charge in [0.25, 0.3) is 0 Å². The lowest BCUT2D eigenvalue weighted by Gasteiger charge is -2.29. The maximum absolute atomic E-state index is 3.55. The Morgan fingerprint density at radius 3 is 2.75 bits per heavy atom. The second-order valence-corrected chi connectivity index (χ2v) is 6.48. The van der Waals surface area contributed by atoms with Crippen LogP contribution < -0.4 is 5.32 Å². The third-order valence-electron chi connectivity index (χ3n) is 4.61. The lowest BCUT2D eigenvalue weighted by atomic mass is 9.94. The average Bonchev–Trinajstić information content (AvgIpc) is 2.63. The fraction of sp³-hybridized carbons (Fsp3) is 0.667. The van der Waals surface area contributed by atoms with Crippen LogP contribution in [-0.4, -0.2) is 31.6 Å². The SMILES string of the molecule is CNC1CCCCCC1CN(C)Cc1cccc(C)c1. The van der Waals surface area contributed by atoms with E-state index in [2.05, 4.69) is 55.5 Å². The van der Waals surface area contributed by atoms with Crippen LogP contribution in [-0.2, 0) is 6.54 Å². The summed E-state index contributed by atoms with van der Waals surface area (Å²) in [6.07, 6.45) is 6.93. The van der Waals surface area contributed by atoms with Crippen LogP contribution in [0.25, 0.3) is 0 Å². The molecule has 20 heavy (non-hydrogen) atoms. The summed E-state index contributed by atoms with van der Waals surface area (Å²) in [6.45, 7) is 4.44. The van der Waals surface area contributed by atoms with Crippen LogP contribution in [0.4, 0.5) is 0 Å². The molecule has 0 aliphatic heterocycles. The molecule has 0 bridgehead atoms. The molecule has 2 nitrogen and oxygen atoms in total. The van der Waals surface area contributed by atoms with Crippen molar-refractivity contribution in [3.63, 3.8) is 0 Å². The van der Waals surface area contributed by atoms with Crippen molar-refractivity contribution in [2.75, 3.05) is 20.6 Å². The zero-order valence-corrected chi connectivity index (χ0v) is 13.4. The molecule has 2 rings (SSSR count). The smallest absolute Gasteiger partial charge is 0.0230 e. The molecule has 0 aromatic heterocycles. The fourth-order valence-electron chi connectivity index (χ4n) is 3.57. The van der Waals surface area contributed by atoms with E-state index in [0.29, 0.717) is 6.04 Å². The summed E-state index contributed by atoms with van der Waals surface area (Å²) in [5.74, 6) is 0.803. The first-order valence-electron chi connectivity index (χ1n) is 8.10. The highest BCUT2D eigenvalue weighted by Gasteiger charge is 2.23. The second kappa shape index (κ2) is 7.80. The van der Waals surface area contributed by atoms with Crippen molar-refractivity contribution < 1.29 is 0 Å². The summed E-state index contributed by atoms with van der Waals surface area (Å²) in [5, 5.41) is 3.55. The fourth-order valence-corrected chi connectivity index (χ4v) is 3.57. The number of hydrogen-bond acceptors (Lipinski definition) is 2. The van der Waals surface area contributed by atoms with Crippen molar-refractivity contribution in [3.05, 3.63) is 35.4 Å². The molecule has 0 spiro atoms. The lowest BCUT2D eigenvalue weighted by molar-refractivity contribution is 0.223. The number of hydrogen-bond donors (Lipinski definition) is 1. The molecule has 112 valence electrons. The predicted molar refractivity (Wildman–Crippen MR) is 86.9 cm³/mol. The van der Waals surface area contributed by atoms with Crippen LogP contribution >= 0.6 is 0 Å². The first kappa shape index (κ1) is 15.5. The monoisotopic (exact) mass is 274 g/mol. The number of benzene rings is 1. The highest BCUT2D eigenvalue weighted by atomic mass is 15.1. The minimum Gasteiger partial charge on any atom is -0.317 e. The second-order valence-electron chi connectivity index (χ2n) is 6.48. The number of nitrogens with zero attached hydrogens (tertiary/aromatic N) is 1. The van der Waals surface area contributed by atoms with E-state index in [-0.39, 0.29) is 0 Å². The molecule has 2 heteroatoms. The molecular weight excluding hydrogens is 244 g/mol. The van der Waals surface area contributed by atoms with Gasteiger partial charge in [0.2, 0.25) is 0 Å². The Morgan fingerprint density at radius 2 is 2.00 bits per heavy atom. The van der Waals surface area contributed by atoms with Gasteiger partial charge in [0.15, 0.2) is 0 Å². The number of rotatable bonds is 5. The Kier molecular flexibility index (Phi) is 6.06. The van der Waals surface area contributed by atoms with Gasteiger partial charge in [-0.25, -0.2) is 0 Å². The van der Waals surface area contributed by atoms with Crippen LogP contribution in [0.2, 0.25) is 0 Å². The minimum atomic E-state index is 0.706. The Bertz CT molecular complexity index is 402. The summed E-state index contributed by atoms with van der Waals surface area (Å²) in [7, 11) is 4.39. The highest BCUT2D eigenvalue weighted by Crippen LogP contribution is 2.24. The predicted octanol–water partition coefficient (Wildman–Crippen LogP) is 3.60. The molecule has 1 aliphatic rings. The zero-order chi connectivity index (χ0) is 14.4. The topological polar surface area (TPSA) is 15.3 Å². The van der Waals surface area contributed by atoms with Crippen molar-refractivity contribution in [3.8, 4) is 0 Å². The number of aryl methyl sites for hydroxylation is 1. The van der Waals surface area contributed by atoms with E-state index in [9.17, 15) is 0 Å². The molecule has 2 atom stereocenters. The summed E-state index contributed by atoms with van der Waals surface area (Å²) in [6, 6.07) is 9.59. The molecule has 0 saturated heterocycles. The molecular formula is C18H30N2. The maximum atomic E-state index is 3.55. The van der Waals surface area contributed by atoms with Crippen LogP contribution in [0.3, 0.4) is 0 Å². The first-order valence-corrected chi connectivity index (χ1v) is 8.10. The third-order valence-corrected chi connectivity index (χ3v) is 4.61. The summed E-state index contributed by atoms with van der Waals surface area (Å²) in [5.41, 5.74) is 2.79.